The number of hydrogen-bond acceptors (Lipinski definition) is 10. The van der Waals surface area contributed by atoms with Crippen molar-refractivity contribution in [2.24, 2.45) is 11.1 Å². The van der Waals surface area contributed by atoms with Gasteiger partial charge in [0.1, 0.15) is 23.3 Å². The number of anilines is 2. The van der Waals surface area contributed by atoms with E-state index in [0.717, 1.165) is 62.1 Å². The number of amides is 2. The molecule has 3 heterocycles. The molecule has 1 aliphatic carbocycles. The number of nitrogens with zero attached hydrogens (tertiary/aromatic N) is 2. The van der Waals surface area contributed by atoms with Crippen LogP contribution in [0.15, 0.2) is 72.8 Å². The van der Waals surface area contributed by atoms with E-state index in [1.165, 1.54) is 48.5 Å². The van der Waals surface area contributed by atoms with E-state index in [-0.39, 0.29) is 65.3 Å². The fourth-order valence-corrected chi connectivity index (χ4v) is 10.3. The number of sulfone groups is 1. The Morgan fingerprint density at radius 2 is 1.37 bits per heavy atom. The van der Waals surface area contributed by atoms with Gasteiger partial charge in [0.05, 0.1) is 23.2 Å². The van der Waals surface area contributed by atoms with E-state index in [9.17, 15) is 48.8 Å². The van der Waals surface area contributed by atoms with Gasteiger partial charge >= 0.3 is 6.03 Å². The van der Waals surface area contributed by atoms with Crippen LogP contribution in [0.25, 0.3) is 0 Å². The molecule has 2 fully saturated rings. The van der Waals surface area contributed by atoms with Gasteiger partial charge in [0, 0.05) is 74.7 Å². The minimum Gasteiger partial charge on any atom is -0.368 e. The molecule has 4 aromatic carbocycles. The molecule has 0 unspecified atom stereocenters. The van der Waals surface area contributed by atoms with Crippen LogP contribution in [-0.2, 0) is 45.1 Å². The summed E-state index contributed by atoms with van der Waals surface area (Å²) >= 11 is 0. The molecule has 4 aliphatic rings. The van der Waals surface area contributed by atoms with Crippen molar-refractivity contribution in [1.29, 1.82) is 0 Å². The number of likely N-dealkylation sites (tertiary alicyclic amines) is 1. The number of hydrogen-bond donors (Lipinski definition) is 4. The van der Waals surface area contributed by atoms with Gasteiger partial charge in [0.15, 0.2) is 21.4 Å². The number of halogens is 4. The number of nitrogens with one attached hydrogen (secondary N) is 3. The number of sulfonamides is 1. The lowest BCUT2D eigenvalue weighted by molar-refractivity contribution is 0.0833. The summed E-state index contributed by atoms with van der Waals surface area (Å²) in [6, 6.07) is 16.8. The third-order valence-corrected chi connectivity index (χ3v) is 13.9. The number of fused-ring (bicyclic) bond motifs is 2. The lowest BCUT2D eigenvalue weighted by atomic mass is 9.66. The third kappa shape index (κ3) is 12.5. The highest BCUT2D eigenvalue weighted by molar-refractivity contribution is 7.92. The molecule has 2 saturated heterocycles. The first-order valence-electron chi connectivity index (χ1n) is 21.1. The average molecular weight is 943 g/mol. The zero-order valence-corrected chi connectivity index (χ0v) is 38.1. The summed E-state index contributed by atoms with van der Waals surface area (Å²) in [6.45, 7) is 3.22. The van der Waals surface area contributed by atoms with Gasteiger partial charge in [-0.2, -0.15) is 0 Å². The molecule has 0 radical (unpaired) electrons. The van der Waals surface area contributed by atoms with Crippen molar-refractivity contribution in [2.45, 2.75) is 69.3 Å². The smallest absolute Gasteiger partial charge is 0.317 e. The lowest BCUT2D eigenvalue weighted by Gasteiger charge is -2.50. The second-order valence-corrected chi connectivity index (χ2v) is 21.3. The van der Waals surface area contributed by atoms with Crippen molar-refractivity contribution < 1.29 is 48.8 Å². The van der Waals surface area contributed by atoms with Crippen LogP contribution in [0.5, 0.6) is 0 Å². The quantitative estimate of drug-likeness (QED) is 0.154. The molecule has 13 nitrogen and oxygen atoms in total. The van der Waals surface area contributed by atoms with Gasteiger partial charge in [0.25, 0.3) is 0 Å². The molecule has 2 spiro atoms. The second-order valence-electron chi connectivity index (χ2n) is 17.4. The number of piperidine rings is 2. The minimum atomic E-state index is -3.64. The van der Waals surface area contributed by atoms with E-state index in [4.69, 9.17) is 5.73 Å². The van der Waals surface area contributed by atoms with Crippen molar-refractivity contribution in [3.05, 3.63) is 129 Å². The van der Waals surface area contributed by atoms with Crippen LogP contribution < -0.4 is 26.0 Å². The van der Waals surface area contributed by atoms with E-state index in [1.54, 1.807) is 23.1 Å². The number of carbonyl (C=O) groups is 3. The summed E-state index contributed by atoms with van der Waals surface area (Å²) in [4.78, 5) is 41.2. The Kier molecular flexibility index (Phi) is 15.1. The zero-order valence-electron chi connectivity index (χ0n) is 36.5. The molecule has 0 aromatic heterocycles. The molecule has 8 rings (SSSR count). The molecule has 0 bridgehead atoms. The highest BCUT2D eigenvalue weighted by Crippen LogP contribution is 2.43. The molecule has 65 heavy (non-hydrogen) atoms. The maximum atomic E-state index is 13.9. The first-order valence-corrected chi connectivity index (χ1v) is 25.1. The van der Waals surface area contributed by atoms with Crippen LogP contribution in [0.1, 0.15) is 81.5 Å². The molecule has 2 amide bonds. The average Bonchev–Trinajstić information content (AvgIpc) is 3.24. The van der Waals surface area contributed by atoms with Crippen molar-refractivity contribution in [2.75, 3.05) is 55.4 Å². The summed E-state index contributed by atoms with van der Waals surface area (Å²) in [7, 11) is -4.95. The maximum Gasteiger partial charge on any atom is 0.317 e. The number of ketones is 2. The number of nitrogens with two attached hydrogens (primary N) is 1. The van der Waals surface area contributed by atoms with Crippen LogP contribution in [0, 0.1) is 28.7 Å². The summed E-state index contributed by atoms with van der Waals surface area (Å²) in [5.74, 6) is -2.23. The van der Waals surface area contributed by atoms with Crippen molar-refractivity contribution in [3.8, 4) is 0 Å². The van der Waals surface area contributed by atoms with Gasteiger partial charge in [0.2, 0.25) is 10.0 Å². The molecule has 350 valence electrons. The van der Waals surface area contributed by atoms with E-state index in [2.05, 4.69) is 15.4 Å². The van der Waals surface area contributed by atoms with E-state index < -0.39 is 42.9 Å². The predicted molar refractivity (Wildman–Crippen MR) is 241 cm³/mol. The summed E-state index contributed by atoms with van der Waals surface area (Å²) in [5, 5.41) is 6.11. The number of carbonyl (C=O) groups excluding carboxylic acids is 3. The van der Waals surface area contributed by atoms with Gasteiger partial charge in [-0.1, -0.05) is 24.3 Å². The standard InChI is InChI=1S/C23H26F2N4O4S.C14H16FNO.C9H12FNO2S/c1-28-20-6-4-16(24)12-17(20)21(30)13-23(28)7-9-29(10-8-23)22(31)26-14-15-3-5-18(25)19(11-15)27-34(2,32)33;15-11-2-1-10-8-14(3-5-16-6-4-14)9-13(17)12(10)7-11;1-14(12,13)6-8-4-7(5-11)2-3-9(8)10/h3-6,11-12,27H,7-10,13-14H2,1-2H3,(H,26,31);1-2,7,16H,3-6,8-9H2;2-4H,5-6,11H2,1H3. The van der Waals surface area contributed by atoms with E-state index >= 15 is 0 Å². The topological polar surface area (TPSA) is 188 Å². The van der Waals surface area contributed by atoms with Gasteiger partial charge < -0.3 is 26.2 Å². The van der Waals surface area contributed by atoms with Crippen LogP contribution in [0.4, 0.5) is 33.7 Å². The van der Waals surface area contributed by atoms with Crippen LogP contribution in [0.3, 0.4) is 0 Å². The highest BCUT2D eigenvalue weighted by atomic mass is 32.2. The molecular formula is C46H54F4N6O7S2. The number of benzene rings is 4. The fraction of sp³-hybridized carbons (Fsp3) is 0.413. The number of urea groups is 1. The SMILES string of the molecule is CN1c2ccc(F)cc2C(=O)CC12CCN(C(=O)NCc1ccc(F)c(NS(C)(=O)=O)c1)CC2.CS(=O)(=O)Cc1cc(CN)ccc1F.O=C1CC2(CCNCC2)Cc2ccc(F)cc21. The normalized spacial score (nSPS) is 17.5. The Bertz CT molecular complexity index is 2670. The first-order chi connectivity index (χ1) is 30.6. The molecule has 4 aromatic rings. The molecule has 5 N–H and O–H groups in total. The Hall–Kier alpha value is -5.37. The Morgan fingerprint density at radius 3 is 2.02 bits per heavy atom. The predicted octanol–water partition coefficient (Wildman–Crippen LogP) is 6.26. The molecule has 0 saturated carbocycles. The van der Waals surface area contributed by atoms with Gasteiger partial charge in [-0.05, 0) is 116 Å². The Balaban J connectivity index is 0.000000186. The summed E-state index contributed by atoms with van der Waals surface area (Å²) < 4.78 is 101. The molecule has 19 heteroatoms. The fourth-order valence-electron chi connectivity index (χ4n) is 9.00. The lowest BCUT2D eigenvalue weighted by Crippen LogP contribution is -2.59. The van der Waals surface area contributed by atoms with Crippen LogP contribution in [0.2, 0.25) is 0 Å². The highest BCUT2D eigenvalue weighted by Gasteiger charge is 2.45. The molecule has 0 atom stereocenters. The number of rotatable bonds is 7. The van der Waals surface area contributed by atoms with Crippen molar-refractivity contribution >= 4 is 48.8 Å². The van der Waals surface area contributed by atoms with Crippen molar-refractivity contribution in [1.82, 2.24) is 15.5 Å². The second kappa shape index (κ2) is 20.0. The van der Waals surface area contributed by atoms with E-state index in [0.29, 0.717) is 54.7 Å². The molecule has 3 aliphatic heterocycles. The van der Waals surface area contributed by atoms with Crippen LogP contribution in [-0.4, -0.2) is 90.6 Å². The number of Topliss-reactive ketones (excluding diaryl/α,β-unsaturated/α-hetero) is 2. The van der Waals surface area contributed by atoms with Gasteiger partial charge in [-0.25, -0.2) is 39.2 Å². The van der Waals surface area contributed by atoms with Gasteiger partial charge in [-0.15, -0.1) is 0 Å². The molecular weight excluding hydrogens is 889 g/mol. The monoisotopic (exact) mass is 942 g/mol. The first kappa shape index (κ1) is 49.1. The summed E-state index contributed by atoms with van der Waals surface area (Å²) in [6.07, 6.45) is 7.05. The van der Waals surface area contributed by atoms with Crippen LogP contribution >= 0.6 is 0 Å². The van der Waals surface area contributed by atoms with Gasteiger partial charge in [-0.3, -0.25) is 14.3 Å². The Labute approximate surface area is 377 Å². The Morgan fingerprint density at radius 1 is 0.754 bits per heavy atom. The van der Waals surface area contributed by atoms with E-state index in [1.807, 2.05) is 11.9 Å². The largest absolute Gasteiger partial charge is 0.368 e. The maximum absolute atomic E-state index is 13.9. The van der Waals surface area contributed by atoms with Crippen molar-refractivity contribution in [3.63, 3.8) is 0 Å². The summed E-state index contributed by atoms with van der Waals surface area (Å²) in [5.41, 5.74) is 9.05. The minimum absolute atomic E-state index is 0.0938. The zero-order chi connectivity index (χ0) is 47.3. The third-order valence-electron chi connectivity index (χ3n) is 12.5.